The number of hydrogen-bond acceptors (Lipinski definition) is 2. The van der Waals surface area contributed by atoms with Gasteiger partial charge in [0, 0.05) is 12.5 Å². The van der Waals surface area contributed by atoms with Crippen LogP contribution in [0.15, 0.2) is 42.5 Å². The molecule has 2 aromatic rings. The van der Waals surface area contributed by atoms with E-state index in [9.17, 15) is 9.59 Å². The standard InChI is InChI=1S/C19H19NO3/c21-17(20-11-19(7-8-19)18(22)23)16-10-15(16)14-6-5-12-3-1-2-4-13(12)9-14/h1-6,9,15-16H,7-8,10-11H2,(H,20,21)(H,22,23). The molecule has 0 aliphatic heterocycles. The lowest BCUT2D eigenvalue weighted by Gasteiger charge is -2.11. The minimum atomic E-state index is -0.792. The van der Waals surface area contributed by atoms with E-state index in [1.807, 2.05) is 12.1 Å². The smallest absolute Gasteiger partial charge is 0.311 e. The Balaban J connectivity index is 1.40. The van der Waals surface area contributed by atoms with Gasteiger partial charge in [-0.05, 0) is 41.5 Å². The molecule has 2 saturated carbocycles. The van der Waals surface area contributed by atoms with Crippen molar-refractivity contribution in [1.29, 1.82) is 0 Å². The van der Waals surface area contributed by atoms with E-state index >= 15 is 0 Å². The first-order valence-corrected chi connectivity index (χ1v) is 8.09. The zero-order chi connectivity index (χ0) is 16.0. The lowest BCUT2D eigenvalue weighted by atomic mass is 10.0. The Morgan fingerprint density at radius 3 is 2.57 bits per heavy atom. The quantitative estimate of drug-likeness (QED) is 0.892. The summed E-state index contributed by atoms with van der Waals surface area (Å²) in [6.07, 6.45) is 2.19. The molecule has 0 saturated heterocycles. The fourth-order valence-electron chi connectivity index (χ4n) is 3.30. The fraction of sp³-hybridized carbons (Fsp3) is 0.368. The van der Waals surface area contributed by atoms with Gasteiger partial charge in [0.05, 0.1) is 5.41 Å². The van der Waals surface area contributed by atoms with Gasteiger partial charge in [0.1, 0.15) is 0 Å². The summed E-state index contributed by atoms with van der Waals surface area (Å²) in [5.74, 6) is -0.546. The molecule has 0 radical (unpaired) electrons. The average molecular weight is 309 g/mol. The highest BCUT2D eigenvalue weighted by molar-refractivity contribution is 5.86. The van der Waals surface area contributed by atoms with Crippen LogP contribution in [0.2, 0.25) is 0 Å². The van der Waals surface area contributed by atoms with Crippen LogP contribution in [0, 0.1) is 11.3 Å². The highest BCUT2D eigenvalue weighted by Crippen LogP contribution is 2.49. The van der Waals surface area contributed by atoms with Crippen molar-refractivity contribution >= 4 is 22.6 Å². The van der Waals surface area contributed by atoms with Gasteiger partial charge < -0.3 is 10.4 Å². The van der Waals surface area contributed by atoms with Crippen molar-refractivity contribution in [3.63, 3.8) is 0 Å². The topological polar surface area (TPSA) is 66.4 Å². The Bertz CT molecular complexity index is 794. The number of carboxylic acids is 1. The van der Waals surface area contributed by atoms with Crippen LogP contribution in [-0.4, -0.2) is 23.5 Å². The summed E-state index contributed by atoms with van der Waals surface area (Å²) in [5.41, 5.74) is 0.506. The van der Waals surface area contributed by atoms with Crippen molar-refractivity contribution in [2.24, 2.45) is 11.3 Å². The third-order valence-electron chi connectivity index (χ3n) is 5.24. The molecule has 0 aromatic heterocycles. The number of carbonyl (C=O) groups is 2. The summed E-state index contributed by atoms with van der Waals surface area (Å²) in [4.78, 5) is 23.4. The van der Waals surface area contributed by atoms with Crippen LogP contribution in [-0.2, 0) is 9.59 Å². The molecule has 2 aliphatic carbocycles. The predicted octanol–water partition coefficient (Wildman–Crippen LogP) is 2.92. The first-order chi connectivity index (χ1) is 11.1. The van der Waals surface area contributed by atoms with Gasteiger partial charge in [-0.2, -0.15) is 0 Å². The van der Waals surface area contributed by atoms with Crippen LogP contribution in [0.1, 0.15) is 30.7 Å². The van der Waals surface area contributed by atoms with Crippen molar-refractivity contribution < 1.29 is 14.7 Å². The molecule has 118 valence electrons. The number of nitrogens with one attached hydrogen (secondary N) is 1. The summed E-state index contributed by atoms with van der Waals surface area (Å²) in [5, 5.41) is 14.4. The van der Waals surface area contributed by atoms with Gasteiger partial charge in [0.15, 0.2) is 0 Å². The van der Waals surface area contributed by atoms with Gasteiger partial charge in [0.25, 0.3) is 0 Å². The minimum Gasteiger partial charge on any atom is -0.481 e. The first-order valence-electron chi connectivity index (χ1n) is 8.09. The molecule has 2 fully saturated rings. The molecule has 0 heterocycles. The number of carboxylic acid groups (broad SMARTS) is 1. The second-order valence-electron chi connectivity index (χ2n) is 6.86. The van der Waals surface area contributed by atoms with Crippen LogP contribution in [0.3, 0.4) is 0 Å². The Morgan fingerprint density at radius 2 is 1.87 bits per heavy atom. The van der Waals surface area contributed by atoms with Crippen LogP contribution in [0.4, 0.5) is 0 Å². The molecule has 2 aromatic carbocycles. The van der Waals surface area contributed by atoms with Crippen molar-refractivity contribution in [3.8, 4) is 0 Å². The number of aliphatic carboxylic acids is 1. The molecule has 4 heteroatoms. The van der Waals surface area contributed by atoms with E-state index in [1.54, 1.807) is 0 Å². The normalized spacial score (nSPS) is 24.2. The van der Waals surface area contributed by atoms with E-state index in [4.69, 9.17) is 5.11 Å². The van der Waals surface area contributed by atoms with Gasteiger partial charge in [-0.15, -0.1) is 0 Å². The maximum absolute atomic E-state index is 12.2. The lowest BCUT2D eigenvalue weighted by molar-refractivity contribution is -0.143. The average Bonchev–Trinajstić information content (AvgIpc) is 3.46. The zero-order valence-electron chi connectivity index (χ0n) is 12.8. The number of amides is 1. The Kier molecular flexibility index (Phi) is 3.15. The van der Waals surface area contributed by atoms with E-state index in [-0.39, 0.29) is 24.3 Å². The van der Waals surface area contributed by atoms with E-state index < -0.39 is 11.4 Å². The van der Waals surface area contributed by atoms with Gasteiger partial charge in [-0.3, -0.25) is 9.59 Å². The first kappa shape index (κ1) is 14.2. The van der Waals surface area contributed by atoms with Crippen molar-refractivity contribution in [2.75, 3.05) is 6.54 Å². The van der Waals surface area contributed by atoms with Gasteiger partial charge in [-0.25, -0.2) is 0 Å². The Morgan fingerprint density at radius 1 is 1.13 bits per heavy atom. The fourth-order valence-corrected chi connectivity index (χ4v) is 3.30. The molecule has 2 unspecified atom stereocenters. The molecule has 2 atom stereocenters. The maximum Gasteiger partial charge on any atom is 0.311 e. The molecule has 23 heavy (non-hydrogen) atoms. The Hall–Kier alpha value is -2.36. The molecule has 0 spiro atoms. The van der Waals surface area contributed by atoms with Crippen LogP contribution >= 0.6 is 0 Å². The van der Waals surface area contributed by atoms with Crippen LogP contribution < -0.4 is 5.32 Å². The van der Waals surface area contributed by atoms with Gasteiger partial charge in [0.2, 0.25) is 5.91 Å². The van der Waals surface area contributed by atoms with Crippen LogP contribution in [0.5, 0.6) is 0 Å². The van der Waals surface area contributed by atoms with Crippen molar-refractivity contribution in [3.05, 3.63) is 48.0 Å². The molecule has 4 rings (SSSR count). The number of hydrogen-bond donors (Lipinski definition) is 2. The number of benzene rings is 2. The summed E-state index contributed by atoms with van der Waals surface area (Å²) >= 11 is 0. The summed E-state index contributed by atoms with van der Waals surface area (Å²) in [6, 6.07) is 14.6. The Labute approximate surface area is 134 Å². The zero-order valence-corrected chi connectivity index (χ0v) is 12.8. The van der Waals surface area contributed by atoms with Crippen molar-refractivity contribution in [2.45, 2.75) is 25.2 Å². The van der Waals surface area contributed by atoms with Crippen molar-refractivity contribution in [1.82, 2.24) is 5.32 Å². The molecular formula is C19H19NO3. The second kappa shape index (κ2) is 5.08. The van der Waals surface area contributed by atoms with E-state index in [2.05, 4.69) is 35.6 Å². The highest BCUT2D eigenvalue weighted by atomic mass is 16.4. The molecule has 2 N–H and O–H groups in total. The predicted molar refractivity (Wildman–Crippen MR) is 87.1 cm³/mol. The second-order valence-corrected chi connectivity index (χ2v) is 6.86. The lowest BCUT2D eigenvalue weighted by Crippen LogP contribution is -2.35. The van der Waals surface area contributed by atoms with E-state index in [0.29, 0.717) is 12.8 Å². The largest absolute Gasteiger partial charge is 0.481 e. The van der Waals surface area contributed by atoms with E-state index in [1.165, 1.54) is 16.3 Å². The molecule has 4 nitrogen and oxygen atoms in total. The number of fused-ring (bicyclic) bond motifs is 1. The maximum atomic E-state index is 12.2. The van der Waals surface area contributed by atoms with E-state index in [0.717, 1.165) is 6.42 Å². The molecule has 2 aliphatic rings. The van der Waals surface area contributed by atoms with Gasteiger partial charge in [-0.1, -0.05) is 42.5 Å². The number of carbonyl (C=O) groups excluding carboxylic acids is 1. The summed E-state index contributed by atoms with van der Waals surface area (Å²) < 4.78 is 0. The third kappa shape index (κ3) is 2.58. The molecule has 0 bridgehead atoms. The minimum absolute atomic E-state index is 0.00400. The summed E-state index contributed by atoms with van der Waals surface area (Å²) in [7, 11) is 0. The molecule has 1 amide bonds. The molecular weight excluding hydrogens is 290 g/mol. The third-order valence-corrected chi connectivity index (χ3v) is 5.24. The summed E-state index contributed by atoms with van der Waals surface area (Å²) in [6.45, 7) is 0.266. The highest BCUT2D eigenvalue weighted by Gasteiger charge is 2.51. The SMILES string of the molecule is O=C(NCC1(C(=O)O)CC1)C1CC1c1ccc2ccccc2c1. The van der Waals surface area contributed by atoms with Gasteiger partial charge >= 0.3 is 5.97 Å². The van der Waals surface area contributed by atoms with Crippen LogP contribution in [0.25, 0.3) is 10.8 Å². The monoisotopic (exact) mass is 309 g/mol. The number of rotatable bonds is 5.